The number of hydrogen-bond acceptors (Lipinski definition) is 2. The third-order valence-corrected chi connectivity index (χ3v) is 3.81. The highest BCUT2D eigenvalue weighted by Gasteiger charge is 2.01. The zero-order valence-electron chi connectivity index (χ0n) is 12.3. The van der Waals surface area contributed by atoms with Crippen molar-refractivity contribution < 1.29 is 9.53 Å². The number of rotatable bonds is 4. The molecule has 2 aromatic rings. The molecule has 3 nitrogen and oxygen atoms in total. The summed E-state index contributed by atoms with van der Waals surface area (Å²) in [6, 6.07) is 15.0. The molecule has 0 fully saturated rings. The van der Waals surface area contributed by atoms with Crippen LogP contribution in [0.15, 0.2) is 53.0 Å². The van der Waals surface area contributed by atoms with E-state index in [1.165, 1.54) is 0 Å². The first-order chi connectivity index (χ1) is 11.1. The Morgan fingerprint density at radius 2 is 2.00 bits per heavy atom. The van der Waals surface area contributed by atoms with Crippen molar-refractivity contribution in [3.8, 4) is 11.8 Å². The van der Waals surface area contributed by atoms with Crippen LogP contribution in [0.5, 0.6) is 0 Å². The van der Waals surface area contributed by atoms with Crippen LogP contribution in [0.1, 0.15) is 17.5 Å². The van der Waals surface area contributed by atoms with Crippen molar-refractivity contribution in [2.75, 3.05) is 6.54 Å². The summed E-state index contributed by atoms with van der Waals surface area (Å²) < 4.78 is 6.00. The van der Waals surface area contributed by atoms with Crippen molar-refractivity contribution in [1.82, 2.24) is 5.32 Å². The predicted molar refractivity (Wildman–Crippen MR) is 95.3 cm³/mol. The fourth-order valence-electron chi connectivity index (χ4n) is 1.75. The molecule has 23 heavy (non-hydrogen) atoms. The highest BCUT2D eigenvalue weighted by atomic mass is 79.9. The summed E-state index contributed by atoms with van der Waals surface area (Å²) in [5.74, 6) is 6.00. The normalized spacial score (nSPS) is 9.65. The van der Waals surface area contributed by atoms with Crippen molar-refractivity contribution in [3.05, 3.63) is 69.2 Å². The highest BCUT2D eigenvalue weighted by molar-refractivity contribution is 9.10. The maximum atomic E-state index is 11.5. The monoisotopic (exact) mass is 391 g/mol. The summed E-state index contributed by atoms with van der Waals surface area (Å²) in [7, 11) is 0. The first kappa shape index (κ1) is 17.4. The molecule has 0 aliphatic rings. The van der Waals surface area contributed by atoms with Crippen LogP contribution in [0.2, 0.25) is 5.02 Å². The number of alkyl carbamates (subject to hydrolysis) is 1. The molecule has 0 bridgehead atoms. The number of amides is 1. The number of benzene rings is 2. The second-order valence-electron chi connectivity index (χ2n) is 4.66. The molecule has 0 aliphatic carbocycles. The summed E-state index contributed by atoms with van der Waals surface area (Å²) in [4.78, 5) is 11.5. The van der Waals surface area contributed by atoms with Crippen molar-refractivity contribution in [1.29, 1.82) is 0 Å². The Morgan fingerprint density at radius 3 is 2.78 bits per heavy atom. The van der Waals surface area contributed by atoms with E-state index in [1.807, 2.05) is 36.4 Å². The van der Waals surface area contributed by atoms with Gasteiger partial charge in [0.05, 0.1) is 0 Å². The van der Waals surface area contributed by atoms with Gasteiger partial charge in [0, 0.05) is 28.0 Å². The molecule has 1 amide bonds. The molecule has 2 aromatic carbocycles. The molecule has 1 N–H and O–H groups in total. The largest absolute Gasteiger partial charge is 0.445 e. The first-order valence-corrected chi connectivity index (χ1v) is 8.21. The third kappa shape index (κ3) is 6.35. The minimum atomic E-state index is -0.445. The van der Waals surface area contributed by atoms with Gasteiger partial charge in [-0.25, -0.2) is 4.79 Å². The standard InChI is InChI=1S/C18H15BrClNO2/c19-17-10-9-16(20)12-15(17)8-4-5-11-21-18(22)23-13-14-6-2-1-3-7-14/h1-3,6-7,9-10,12H,5,11,13H2,(H,21,22). The predicted octanol–water partition coefficient (Wildman–Crippen LogP) is 4.77. The summed E-state index contributed by atoms with van der Waals surface area (Å²) in [5.41, 5.74) is 1.78. The van der Waals surface area contributed by atoms with E-state index < -0.39 is 6.09 Å². The SMILES string of the molecule is O=C(NCCC#Cc1cc(Cl)ccc1Br)OCc1ccccc1. The van der Waals surface area contributed by atoms with Gasteiger partial charge in [-0.1, -0.05) is 53.8 Å². The van der Waals surface area contributed by atoms with Crippen LogP contribution in [0.25, 0.3) is 0 Å². The van der Waals surface area contributed by atoms with Crippen LogP contribution in [0.3, 0.4) is 0 Å². The lowest BCUT2D eigenvalue weighted by molar-refractivity contribution is 0.140. The van der Waals surface area contributed by atoms with Gasteiger partial charge in [0.25, 0.3) is 0 Å². The fraction of sp³-hybridized carbons (Fsp3) is 0.167. The van der Waals surface area contributed by atoms with Crippen LogP contribution in [-0.4, -0.2) is 12.6 Å². The van der Waals surface area contributed by atoms with Crippen LogP contribution in [-0.2, 0) is 11.3 Å². The molecule has 0 unspecified atom stereocenters. The Labute approximate surface area is 149 Å². The molecule has 118 valence electrons. The average molecular weight is 393 g/mol. The quantitative estimate of drug-likeness (QED) is 0.601. The molecule has 2 rings (SSSR count). The molecular weight excluding hydrogens is 378 g/mol. The van der Waals surface area contributed by atoms with Crippen molar-refractivity contribution in [2.45, 2.75) is 13.0 Å². The van der Waals surface area contributed by atoms with Gasteiger partial charge >= 0.3 is 6.09 Å². The Morgan fingerprint density at radius 1 is 1.22 bits per heavy atom. The van der Waals surface area contributed by atoms with E-state index in [4.69, 9.17) is 16.3 Å². The van der Waals surface area contributed by atoms with E-state index in [-0.39, 0.29) is 6.61 Å². The van der Waals surface area contributed by atoms with Crippen LogP contribution >= 0.6 is 27.5 Å². The third-order valence-electron chi connectivity index (χ3n) is 2.88. The lowest BCUT2D eigenvalue weighted by Crippen LogP contribution is -2.24. The van der Waals surface area contributed by atoms with E-state index in [0.717, 1.165) is 15.6 Å². The minimum Gasteiger partial charge on any atom is -0.445 e. The molecule has 5 heteroatoms. The number of ether oxygens (including phenoxy) is 1. The van der Waals surface area contributed by atoms with E-state index in [9.17, 15) is 4.79 Å². The molecule has 0 saturated carbocycles. The second kappa shape index (κ2) is 9.24. The smallest absolute Gasteiger partial charge is 0.407 e. The van der Waals surface area contributed by atoms with Gasteiger partial charge in [0.15, 0.2) is 0 Å². The Kier molecular flexibility index (Phi) is 6.99. The van der Waals surface area contributed by atoms with Crippen LogP contribution in [0, 0.1) is 11.8 Å². The lowest BCUT2D eigenvalue weighted by Gasteiger charge is -2.05. The topological polar surface area (TPSA) is 38.3 Å². The molecule has 0 spiro atoms. The molecule has 0 aromatic heterocycles. The van der Waals surface area contributed by atoms with Crippen molar-refractivity contribution in [3.63, 3.8) is 0 Å². The number of halogens is 2. The number of carbonyl (C=O) groups excluding carboxylic acids is 1. The van der Waals surface area contributed by atoms with Gasteiger partial charge in [-0.3, -0.25) is 0 Å². The Bertz CT molecular complexity index is 723. The van der Waals surface area contributed by atoms with Gasteiger partial charge in [0.2, 0.25) is 0 Å². The molecule has 0 saturated heterocycles. The number of nitrogens with one attached hydrogen (secondary N) is 1. The summed E-state index contributed by atoms with van der Waals surface area (Å²) >= 11 is 9.34. The highest BCUT2D eigenvalue weighted by Crippen LogP contribution is 2.20. The molecule has 0 heterocycles. The van der Waals surface area contributed by atoms with Gasteiger partial charge in [-0.2, -0.15) is 0 Å². The molecule has 0 aliphatic heterocycles. The van der Waals surface area contributed by atoms with Gasteiger partial charge in [-0.15, -0.1) is 0 Å². The summed E-state index contributed by atoms with van der Waals surface area (Å²) in [5, 5.41) is 3.30. The van der Waals surface area contributed by atoms with E-state index in [0.29, 0.717) is 18.0 Å². The maximum Gasteiger partial charge on any atom is 0.407 e. The summed E-state index contributed by atoms with van der Waals surface area (Å²) in [6.07, 6.45) is 0.0823. The number of hydrogen-bond donors (Lipinski definition) is 1. The lowest BCUT2D eigenvalue weighted by atomic mass is 10.2. The van der Waals surface area contributed by atoms with E-state index in [1.54, 1.807) is 12.1 Å². The van der Waals surface area contributed by atoms with Gasteiger partial charge < -0.3 is 10.1 Å². The van der Waals surface area contributed by atoms with E-state index >= 15 is 0 Å². The average Bonchev–Trinajstić information content (AvgIpc) is 2.56. The first-order valence-electron chi connectivity index (χ1n) is 7.03. The van der Waals surface area contributed by atoms with Crippen molar-refractivity contribution >= 4 is 33.6 Å². The maximum absolute atomic E-state index is 11.5. The Hall–Kier alpha value is -1.96. The molecule has 0 radical (unpaired) electrons. The Balaban J connectivity index is 1.70. The van der Waals surface area contributed by atoms with Crippen LogP contribution in [0.4, 0.5) is 4.79 Å². The van der Waals surface area contributed by atoms with Gasteiger partial charge in [0.1, 0.15) is 6.61 Å². The molecular formula is C18H15BrClNO2. The number of carbonyl (C=O) groups is 1. The minimum absolute atomic E-state index is 0.258. The zero-order valence-corrected chi connectivity index (χ0v) is 14.7. The van der Waals surface area contributed by atoms with Crippen molar-refractivity contribution in [2.24, 2.45) is 0 Å². The zero-order chi connectivity index (χ0) is 16.5. The second-order valence-corrected chi connectivity index (χ2v) is 5.96. The van der Waals surface area contributed by atoms with Crippen LogP contribution < -0.4 is 5.32 Å². The molecule has 0 atom stereocenters. The summed E-state index contributed by atoms with van der Waals surface area (Å²) in [6.45, 7) is 0.687. The van der Waals surface area contributed by atoms with Gasteiger partial charge in [-0.05, 0) is 39.7 Å². The fourth-order valence-corrected chi connectivity index (χ4v) is 2.27. The van der Waals surface area contributed by atoms with E-state index in [2.05, 4.69) is 33.1 Å².